The molecule has 0 atom stereocenters. The number of hydrogen-bond donors (Lipinski definition) is 0. The minimum absolute atomic E-state index is 0. The predicted octanol–water partition coefficient (Wildman–Crippen LogP) is 3.79. The molecule has 0 fully saturated rings. The number of hydrogen-bond acceptors (Lipinski definition) is 6. The molecule has 0 bridgehead atoms. The minimum Gasteiger partial charge on any atom is -0.744 e. The van der Waals surface area contributed by atoms with Crippen LogP contribution < -0.4 is 0 Å². The maximum atomic E-state index is 10.3. The van der Waals surface area contributed by atoms with Gasteiger partial charge in [0.15, 0.2) is 0 Å². The molecule has 0 N–H and O–H groups in total. The maximum Gasteiger partial charge on any atom is 4.00 e. The summed E-state index contributed by atoms with van der Waals surface area (Å²) in [7, 11) is -8.51. The number of rotatable bonds is 2. The fourth-order valence-corrected chi connectivity index (χ4v) is 2.84. The summed E-state index contributed by atoms with van der Waals surface area (Å²) in [6, 6.07) is 14.4. The molecule has 0 aliphatic heterocycles. The Balaban J connectivity index is 0.000000401. The summed E-state index contributed by atoms with van der Waals surface area (Å²) in [4.78, 5) is -0.370. The second kappa shape index (κ2) is 15.8. The van der Waals surface area contributed by atoms with Crippen LogP contribution in [0.2, 0.25) is 0 Å². The van der Waals surface area contributed by atoms with Crippen LogP contribution in [0.25, 0.3) is 0 Å². The van der Waals surface area contributed by atoms with E-state index >= 15 is 0 Å². The Hall–Kier alpha value is -1.90. The SMILES string of the molecule is O=S(=O)([O-])c1ccccc1.O=S(=O)([O-])c1ccccc1.[C-]1=CC=CC1.[C-]1=CC=CC1.[Zr+4]. The van der Waals surface area contributed by atoms with Gasteiger partial charge in [0, 0.05) is 0 Å². The van der Waals surface area contributed by atoms with Crippen molar-refractivity contribution in [3.8, 4) is 0 Å². The molecule has 0 spiro atoms. The summed E-state index contributed by atoms with van der Waals surface area (Å²) < 4.78 is 61.7. The molecule has 31 heavy (non-hydrogen) atoms. The van der Waals surface area contributed by atoms with Gasteiger partial charge in [-0.3, -0.25) is 12.2 Å². The van der Waals surface area contributed by atoms with Crippen molar-refractivity contribution in [2.75, 3.05) is 0 Å². The molecule has 0 saturated heterocycles. The normalized spacial score (nSPS) is 13.0. The summed E-state index contributed by atoms with van der Waals surface area (Å²) >= 11 is 0. The molecule has 0 radical (unpaired) electrons. The Labute approximate surface area is 203 Å². The molecule has 0 heterocycles. The van der Waals surface area contributed by atoms with Crippen LogP contribution in [0.15, 0.2) is 107 Å². The van der Waals surface area contributed by atoms with Crippen molar-refractivity contribution < 1.29 is 52.1 Å². The first kappa shape index (κ1) is 29.1. The molecule has 4 rings (SSSR count). The molecule has 2 aliphatic rings. The first-order chi connectivity index (χ1) is 14.2. The van der Waals surface area contributed by atoms with Crippen molar-refractivity contribution in [2.24, 2.45) is 0 Å². The Morgan fingerprint density at radius 2 is 0.935 bits per heavy atom. The van der Waals surface area contributed by atoms with Gasteiger partial charge in [-0.15, -0.1) is 12.8 Å². The van der Waals surface area contributed by atoms with Gasteiger partial charge >= 0.3 is 26.2 Å². The van der Waals surface area contributed by atoms with E-state index in [1.165, 1.54) is 48.5 Å². The predicted molar refractivity (Wildman–Crippen MR) is 112 cm³/mol. The van der Waals surface area contributed by atoms with Gasteiger partial charge in [0.25, 0.3) is 0 Å². The van der Waals surface area contributed by atoms with Crippen LogP contribution in [-0.2, 0) is 46.4 Å². The standard InChI is InChI=1S/2C6H6O3S.2C5H5.Zr/c2*7-10(8,9)6-4-2-1-3-5-6;2*1-2-4-5-3-1;/h2*1-5H,(H,7,8,9);2*1-3H,4H2;/q;;2*-1;+4/p-2. The Bertz CT molecular complexity index is 964. The van der Waals surface area contributed by atoms with Gasteiger partial charge in [0.2, 0.25) is 0 Å². The second-order valence-corrected chi connectivity index (χ2v) is 8.30. The van der Waals surface area contributed by atoms with Crippen LogP contribution in [0.1, 0.15) is 12.8 Å². The van der Waals surface area contributed by atoms with Crippen LogP contribution in [0.3, 0.4) is 0 Å². The summed E-state index contributed by atoms with van der Waals surface area (Å²) in [5.74, 6) is 0. The third-order valence-corrected chi connectivity index (χ3v) is 4.93. The molecule has 9 heteroatoms. The average Bonchev–Trinajstić information content (AvgIpc) is 3.47. The van der Waals surface area contributed by atoms with Crippen LogP contribution in [0.5, 0.6) is 0 Å². The monoisotopic (exact) mass is 534 g/mol. The number of benzene rings is 2. The molecule has 2 aromatic carbocycles. The van der Waals surface area contributed by atoms with E-state index in [4.69, 9.17) is 0 Å². The van der Waals surface area contributed by atoms with Crippen molar-refractivity contribution in [2.45, 2.75) is 22.6 Å². The van der Waals surface area contributed by atoms with Crippen molar-refractivity contribution >= 4 is 20.2 Å². The van der Waals surface area contributed by atoms with Crippen LogP contribution in [0.4, 0.5) is 0 Å². The topological polar surface area (TPSA) is 114 Å². The van der Waals surface area contributed by atoms with Crippen LogP contribution >= 0.6 is 0 Å². The zero-order chi connectivity index (χ0) is 22.3. The molecule has 0 unspecified atom stereocenters. The van der Waals surface area contributed by atoms with E-state index in [-0.39, 0.29) is 36.0 Å². The second-order valence-electron chi connectivity index (χ2n) is 5.54. The fourth-order valence-electron chi connectivity index (χ4n) is 1.85. The van der Waals surface area contributed by atoms with Gasteiger partial charge in [-0.25, -0.2) is 41.1 Å². The third kappa shape index (κ3) is 14.7. The Morgan fingerprint density at radius 1 is 0.613 bits per heavy atom. The minimum atomic E-state index is -4.25. The van der Waals surface area contributed by atoms with E-state index in [1.807, 2.05) is 24.3 Å². The van der Waals surface area contributed by atoms with E-state index in [9.17, 15) is 25.9 Å². The molecule has 2 aromatic rings. The van der Waals surface area contributed by atoms with Gasteiger partial charge < -0.3 is 9.11 Å². The Morgan fingerprint density at radius 3 is 1.06 bits per heavy atom. The molecular weight excluding hydrogens is 516 g/mol. The Kier molecular flexibility index (Phi) is 14.9. The summed E-state index contributed by atoms with van der Waals surface area (Å²) in [6.07, 6.45) is 20.0. The molecule has 6 nitrogen and oxygen atoms in total. The van der Waals surface area contributed by atoms with Gasteiger partial charge in [0.05, 0.1) is 9.79 Å². The maximum absolute atomic E-state index is 10.3. The number of allylic oxidation sites excluding steroid dienone is 8. The van der Waals surface area contributed by atoms with Crippen molar-refractivity contribution in [1.82, 2.24) is 0 Å². The van der Waals surface area contributed by atoms with Crippen LogP contribution in [-0.4, -0.2) is 25.9 Å². The van der Waals surface area contributed by atoms with Gasteiger partial charge in [-0.05, 0) is 24.3 Å². The zero-order valence-electron chi connectivity index (χ0n) is 16.4. The van der Waals surface area contributed by atoms with E-state index in [0.717, 1.165) is 12.8 Å². The average molecular weight is 536 g/mol. The molecule has 0 aromatic heterocycles. The van der Waals surface area contributed by atoms with Crippen molar-refractivity contribution in [1.29, 1.82) is 0 Å². The smallest absolute Gasteiger partial charge is 0.744 e. The first-order valence-electron chi connectivity index (χ1n) is 8.66. The molecule has 0 amide bonds. The molecule has 0 saturated carbocycles. The van der Waals surface area contributed by atoms with E-state index in [2.05, 4.69) is 24.3 Å². The first-order valence-corrected chi connectivity index (χ1v) is 11.5. The molecular formula is C22H20O6S2Zr. The zero-order valence-corrected chi connectivity index (χ0v) is 20.5. The molecule has 160 valence electrons. The third-order valence-electron chi connectivity index (χ3n) is 3.24. The van der Waals surface area contributed by atoms with Gasteiger partial charge in [-0.1, -0.05) is 36.4 Å². The van der Waals surface area contributed by atoms with E-state index < -0.39 is 20.2 Å². The van der Waals surface area contributed by atoms with Gasteiger partial charge in [-0.2, -0.15) is 12.2 Å². The summed E-state index contributed by atoms with van der Waals surface area (Å²) in [5, 5.41) is 0. The summed E-state index contributed by atoms with van der Waals surface area (Å²) in [6.45, 7) is 0. The quantitative estimate of drug-likeness (QED) is 0.427. The largest absolute Gasteiger partial charge is 4.00 e. The molecule has 2 aliphatic carbocycles. The fraction of sp³-hybridized carbons (Fsp3) is 0.0909. The summed E-state index contributed by atoms with van der Waals surface area (Å²) in [5.41, 5.74) is 0. The van der Waals surface area contributed by atoms with E-state index in [1.54, 1.807) is 12.1 Å². The van der Waals surface area contributed by atoms with Crippen LogP contribution in [0, 0.1) is 12.2 Å². The van der Waals surface area contributed by atoms with Gasteiger partial charge in [0.1, 0.15) is 20.2 Å². The van der Waals surface area contributed by atoms with E-state index in [0.29, 0.717) is 0 Å². The van der Waals surface area contributed by atoms with Crippen molar-refractivity contribution in [3.63, 3.8) is 0 Å². The van der Waals surface area contributed by atoms with Crippen molar-refractivity contribution in [3.05, 3.63) is 109 Å².